The van der Waals surface area contributed by atoms with Crippen LogP contribution in [0.15, 0.2) is 23.8 Å². The fraction of sp³-hybridized carbons (Fsp3) is 0.714. The van der Waals surface area contributed by atoms with Crippen LogP contribution < -0.4 is 0 Å². The first kappa shape index (κ1) is 16.4. The standard InChI is InChI=1S/C14H26O3/c1-6-16-14(17-7-2)10-12(5)9-13(15)8-11(3)4/h8,13-15H,5-7,9-10H2,1-4H3. The van der Waals surface area contributed by atoms with Gasteiger partial charge < -0.3 is 14.6 Å². The van der Waals surface area contributed by atoms with E-state index in [2.05, 4.69) is 6.58 Å². The van der Waals surface area contributed by atoms with Crippen molar-refractivity contribution < 1.29 is 14.6 Å². The van der Waals surface area contributed by atoms with E-state index in [0.717, 1.165) is 11.1 Å². The summed E-state index contributed by atoms with van der Waals surface area (Å²) in [7, 11) is 0. The molecular formula is C14H26O3. The monoisotopic (exact) mass is 242 g/mol. The molecule has 0 aromatic carbocycles. The number of aliphatic hydroxyl groups is 1. The lowest BCUT2D eigenvalue weighted by atomic mass is 10.1. The van der Waals surface area contributed by atoms with Gasteiger partial charge in [0.15, 0.2) is 6.29 Å². The molecule has 0 bridgehead atoms. The molecule has 0 saturated heterocycles. The molecule has 0 fully saturated rings. The largest absolute Gasteiger partial charge is 0.389 e. The summed E-state index contributed by atoms with van der Waals surface area (Å²) in [6.45, 7) is 13.0. The fourth-order valence-corrected chi connectivity index (χ4v) is 1.60. The van der Waals surface area contributed by atoms with E-state index >= 15 is 0 Å². The van der Waals surface area contributed by atoms with Crippen LogP contribution in [0.25, 0.3) is 0 Å². The van der Waals surface area contributed by atoms with Gasteiger partial charge in [-0.05, 0) is 34.1 Å². The molecule has 17 heavy (non-hydrogen) atoms. The predicted molar refractivity (Wildman–Crippen MR) is 70.9 cm³/mol. The molecule has 1 N–H and O–H groups in total. The van der Waals surface area contributed by atoms with Gasteiger partial charge in [-0.15, -0.1) is 0 Å². The highest BCUT2D eigenvalue weighted by Gasteiger charge is 2.12. The van der Waals surface area contributed by atoms with E-state index in [1.165, 1.54) is 0 Å². The van der Waals surface area contributed by atoms with E-state index in [0.29, 0.717) is 26.1 Å². The van der Waals surface area contributed by atoms with Crippen molar-refractivity contribution in [2.45, 2.75) is 52.9 Å². The van der Waals surface area contributed by atoms with Crippen molar-refractivity contribution in [3.05, 3.63) is 23.8 Å². The molecule has 0 aromatic heterocycles. The van der Waals surface area contributed by atoms with E-state index in [1.807, 2.05) is 33.8 Å². The summed E-state index contributed by atoms with van der Waals surface area (Å²) in [6, 6.07) is 0. The Morgan fingerprint density at radius 3 is 2.12 bits per heavy atom. The first-order valence-electron chi connectivity index (χ1n) is 6.22. The average Bonchev–Trinajstić information content (AvgIpc) is 2.16. The minimum absolute atomic E-state index is 0.239. The Bertz CT molecular complexity index is 236. The fourth-order valence-electron chi connectivity index (χ4n) is 1.60. The van der Waals surface area contributed by atoms with Crippen LogP contribution in [0.1, 0.15) is 40.5 Å². The van der Waals surface area contributed by atoms with Gasteiger partial charge in [-0.1, -0.05) is 23.8 Å². The van der Waals surface area contributed by atoms with Gasteiger partial charge in [0, 0.05) is 19.6 Å². The van der Waals surface area contributed by atoms with E-state index in [-0.39, 0.29) is 6.29 Å². The SMILES string of the molecule is C=C(CC(O)C=C(C)C)CC(OCC)OCC. The van der Waals surface area contributed by atoms with Crippen LogP contribution >= 0.6 is 0 Å². The van der Waals surface area contributed by atoms with Gasteiger partial charge in [0.25, 0.3) is 0 Å². The normalized spacial score (nSPS) is 12.6. The average molecular weight is 242 g/mol. The number of hydrogen-bond donors (Lipinski definition) is 1. The van der Waals surface area contributed by atoms with E-state index in [4.69, 9.17) is 9.47 Å². The smallest absolute Gasteiger partial charge is 0.161 e. The highest BCUT2D eigenvalue weighted by Crippen LogP contribution is 2.15. The zero-order valence-corrected chi connectivity index (χ0v) is 11.5. The molecule has 3 nitrogen and oxygen atoms in total. The van der Waals surface area contributed by atoms with Gasteiger partial charge >= 0.3 is 0 Å². The van der Waals surface area contributed by atoms with E-state index in [1.54, 1.807) is 0 Å². The summed E-state index contributed by atoms with van der Waals surface area (Å²) in [5.41, 5.74) is 2.05. The van der Waals surface area contributed by atoms with Crippen LogP contribution in [0.3, 0.4) is 0 Å². The summed E-state index contributed by atoms with van der Waals surface area (Å²) in [5.74, 6) is 0. The Kier molecular flexibility index (Phi) is 9.04. The molecule has 0 aliphatic rings. The number of hydrogen-bond acceptors (Lipinski definition) is 3. The van der Waals surface area contributed by atoms with Gasteiger partial charge in [-0.2, -0.15) is 0 Å². The zero-order chi connectivity index (χ0) is 13.3. The minimum atomic E-state index is -0.462. The second-order valence-corrected chi connectivity index (χ2v) is 4.31. The summed E-state index contributed by atoms with van der Waals surface area (Å²) in [4.78, 5) is 0. The quantitative estimate of drug-likeness (QED) is 0.499. The zero-order valence-electron chi connectivity index (χ0n) is 11.5. The number of ether oxygens (including phenoxy) is 2. The molecule has 3 heteroatoms. The molecule has 1 unspecified atom stereocenters. The van der Waals surface area contributed by atoms with Crippen molar-refractivity contribution in [2.24, 2.45) is 0 Å². The second kappa shape index (κ2) is 9.40. The highest BCUT2D eigenvalue weighted by molar-refractivity contribution is 5.05. The Morgan fingerprint density at radius 2 is 1.71 bits per heavy atom. The predicted octanol–water partition coefficient (Wildman–Crippen LogP) is 3.05. The van der Waals surface area contributed by atoms with Gasteiger partial charge in [-0.25, -0.2) is 0 Å². The molecule has 0 aromatic rings. The molecule has 0 spiro atoms. The Hall–Kier alpha value is -0.640. The maximum atomic E-state index is 9.74. The minimum Gasteiger partial charge on any atom is -0.389 e. The lowest BCUT2D eigenvalue weighted by Crippen LogP contribution is -2.19. The molecule has 100 valence electrons. The first-order chi connectivity index (χ1) is 7.99. The van der Waals surface area contributed by atoms with Gasteiger partial charge in [0.2, 0.25) is 0 Å². The summed E-state index contributed by atoms with van der Waals surface area (Å²) in [5, 5.41) is 9.74. The number of rotatable bonds is 9. The number of aliphatic hydroxyl groups excluding tert-OH is 1. The van der Waals surface area contributed by atoms with Crippen molar-refractivity contribution in [2.75, 3.05) is 13.2 Å². The molecule has 1 atom stereocenters. The summed E-state index contributed by atoms with van der Waals surface area (Å²) < 4.78 is 10.9. The lowest BCUT2D eigenvalue weighted by Gasteiger charge is -2.19. The summed E-state index contributed by atoms with van der Waals surface area (Å²) in [6.07, 6.45) is 2.33. The second-order valence-electron chi connectivity index (χ2n) is 4.31. The summed E-state index contributed by atoms with van der Waals surface area (Å²) >= 11 is 0. The Morgan fingerprint density at radius 1 is 1.18 bits per heavy atom. The van der Waals surface area contributed by atoms with Crippen LogP contribution in [-0.2, 0) is 9.47 Å². The number of allylic oxidation sites excluding steroid dienone is 1. The van der Waals surface area contributed by atoms with Crippen LogP contribution in [0.5, 0.6) is 0 Å². The van der Waals surface area contributed by atoms with Crippen LogP contribution in [0.4, 0.5) is 0 Å². The van der Waals surface area contributed by atoms with Crippen LogP contribution in [0.2, 0.25) is 0 Å². The third-order valence-electron chi connectivity index (χ3n) is 2.18. The van der Waals surface area contributed by atoms with Crippen molar-refractivity contribution in [3.8, 4) is 0 Å². The molecule has 0 aliphatic carbocycles. The molecule has 0 saturated carbocycles. The lowest BCUT2D eigenvalue weighted by molar-refractivity contribution is -0.134. The third kappa shape index (κ3) is 9.10. The van der Waals surface area contributed by atoms with Crippen molar-refractivity contribution >= 4 is 0 Å². The van der Waals surface area contributed by atoms with E-state index < -0.39 is 6.10 Å². The maximum Gasteiger partial charge on any atom is 0.161 e. The molecular weight excluding hydrogens is 216 g/mol. The maximum absolute atomic E-state index is 9.74. The van der Waals surface area contributed by atoms with Crippen LogP contribution in [0, 0.1) is 0 Å². The van der Waals surface area contributed by atoms with Crippen molar-refractivity contribution in [3.63, 3.8) is 0 Å². The van der Waals surface area contributed by atoms with Gasteiger partial charge in [0.05, 0.1) is 6.10 Å². The Labute approximate surface area is 105 Å². The van der Waals surface area contributed by atoms with Crippen LogP contribution in [-0.4, -0.2) is 30.7 Å². The van der Waals surface area contributed by atoms with Crippen molar-refractivity contribution in [1.29, 1.82) is 0 Å². The van der Waals surface area contributed by atoms with Gasteiger partial charge in [-0.3, -0.25) is 0 Å². The molecule has 0 heterocycles. The molecule has 0 aliphatic heterocycles. The highest BCUT2D eigenvalue weighted by atomic mass is 16.7. The Balaban J connectivity index is 4.08. The van der Waals surface area contributed by atoms with Crippen molar-refractivity contribution in [1.82, 2.24) is 0 Å². The third-order valence-corrected chi connectivity index (χ3v) is 2.18. The molecule has 0 rings (SSSR count). The molecule has 0 radical (unpaired) electrons. The molecule has 0 amide bonds. The first-order valence-corrected chi connectivity index (χ1v) is 6.22. The van der Waals surface area contributed by atoms with Gasteiger partial charge in [0.1, 0.15) is 0 Å². The topological polar surface area (TPSA) is 38.7 Å². The van der Waals surface area contributed by atoms with E-state index in [9.17, 15) is 5.11 Å².